The van der Waals surface area contributed by atoms with E-state index >= 15 is 0 Å². The van der Waals surface area contributed by atoms with Crippen LogP contribution < -0.4 is 0 Å². The number of halogens is 3. The van der Waals surface area contributed by atoms with E-state index in [4.69, 9.17) is 0 Å². The Bertz CT molecular complexity index is 286. The van der Waals surface area contributed by atoms with Crippen molar-refractivity contribution >= 4 is 26.7 Å². The van der Waals surface area contributed by atoms with E-state index in [9.17, 15) is 13.0 Å². The Morgan fingerprint density at radius 3 is 2.17 bits per heavy atom. The highest BCUT2D eigenvalue weighted by atomic mass is 79.9. The molecule has 1 rings (SSSR count). The SMILES string of the molecule is O=S(c1ccc(Br)cc1)C(F)F. The van der Waals surface area contributed by atoms with E-state index in [0.29, 0.717) is 0 Å². The monoisotopic (exact) mass is 254 g/mol. The largest absolute Gasteiger partial charge is 0.316 e. The number of benzene rings is 1. The van der Waals surface area contributed by atoms with Crippen molar-refractivity contribution in [3.05, 3.63) is 28.7 Å². The van der Waals surface area contributed by atoms with E-state index in [2.05, 4.69) is 15.9 Å². The lowest BCUT2D eigenvalue weighted by molar-refractivity contribution is 0.244. The van der Waals surface area contributed by atoms with Gasteiger partial charge >= 0.3 is 5.76 Å². The maximum Gasteiger partial charge on any atom is 0.316 e. The number of rotatable bonds is 2. The van der Waals surface area contributed by atoms with Crippen molar-refractivity contribution in [3.63, 3.8) is 0 Å². The van der Waals surface area contributed by atoms with Crippen LogP contribution in [0.3, 0.4) is 0 Å². The van der Waals surface area contributed by atoms with Crippen LogP contribution in [0, 0.1) is 0 Å². The van der Waals surface area contributed by atoms with Crippen LogP contribution in [0.25, 0.3) is 0 Å². The summed E-state index contributed by atoms with van der Waals surface area (Å²) in [6.45, 7) is 0. The molecular formula is C7H5BrF2OS. The highest BCUT2D eigenvalue weighted by molar-refractivity contribution is 9.10. The summed E-state index contributed by atoms with van der Waals surface area (Å²) in [6.07, 6.45) is 0. The summed E-state index contributed by atoms with van der Waals surface area (Å²) >= 11 is 3.15. The van der Waals surface area contributed by atoms with E-state index in [0.717, 1.165) is 4.47 Å². The van der Waals surface area contributed by atoms with Gasteiger partial charge in [-0.15, -0.1) is 0 Å². The summed E-state index contributed by atoms with van der Waals surface area (Å²) < 4.78 is 35.4. The Morgan fingerprint density at radius 2 is 1.75 bits per heavy atom. The number of hydrogen-bond acceptors (Lipinski definition) is 1. The first-order valence-electron chi connectivity index (χ1n) is 3.05. The summed E-state index contributed by atoms with van der Waals surface area (Å²) in [4.78, 5) is 0.146. The summed E-state index contributed by atoms with van der Waals surface area (Å²) in [5, 5.41) is 0. The van der Waals surface area contributed by atoms with Crippen LogP contribution in [-0.2, 0) is 10.8 Å². The third-order valence-electron chi connectivity index (χ3n) is 1.21. The van der Waals surface area contributed by atoms with Crippen LogP contribution in [0.15, 0.2) is 33.6 Å². The third-order valence-corrected chi connectivity index (χ3v) is 2.80. The molecule has 0 fully saturated rings. The topological polar surface area (TPSA) is 17.1 Å². The molecule has 0 aliphatic carbocycles. The minimum Gasteiger partial charge on any atom is -0.248 e. The molecule has 0 saturated carbocycles. The Labute approximate surface area is 79.4 Å². The highest BCUT2D eigenvalue weighted by Crippen LogP contribution is 2.16. The zero-order valence-electron chi connectivity index (χ0n) is 5.84. The van der Waals surface area contributed by atoms with Crippen molar-refractivity contribution in [2.24, 2.45) is 0 Å². The van der Waals surface area contributed by atoms with Gasteiger partial charge in [-0.1, -0.05) is 15.9 Å². The third kappa shape index (κ3) is 2.35. The minimum atomic E-state index is -2.81. The van der Waals surface area contributed by atoms with E-state index in [-0.39, 0.29) is 4.90 Å². The maximum atomic E-state index is 11.9. The molecule has 12 heavy (non-hydrogen) atoms. The zero-order valence-corrected chi connectivity index (χ0v) is 8.24. The average Bonchev–Trinajstić information content (AvgIpc) is 2.04. The predicted octanol–water partition coefficient (Wildman–Crippen LogP) is 2.78. The van der Waals surface area contributed by atoms with Gasteiger partial charge in [0.15, 0.2) is 0 Å². The molecule has 0 bridgehead atoms. The van der Waals surface area contributed by atoms with Gasteiger partial charge in [-0.05, 0) is 24.3 Å². The standard InChI is InChI=1S/C7H5BrF2OS/c8-5-1-3-6(4-2-5)12(11)7(9)10/h1-4,7H. The highest BCUT2D eigenvalue weighted by Gasteiger charge is 2.14. The molecule has 1 aromatic rings. The summed E-state index contributed by atoms with van der Waals surface area (Å²) in [5.41, 5.74) is 0. The Balaban J connectivity index is 2.90. The van der Waals surface area contributed by atoms with Crippen LogP contribution in [-0.4, -0.2) is 9.97 Å². The van der Waals surface area contributed by atoms with Crippen LogP contribution in [0.5, 0.6) is 0 Å². The lowest BCUT2D eigenvalue weighted by Crippen LogP contribution is -2.01. The predicted molar refractivity (Wildman–Crippen MR) is 46.6 cm³/mol. The molecule has 0 spiro atoms. The Hall–Kier alpha value is -0.290. The molecule has 66 valence electrons. The number of alkyl halides is 2. The fourth-order valence-electron chi connectivity index (χ4n) is 0.672. The maximum absolute atomic E-state index is 11.9. The Kier molecular flexibility index (Phi) is 3.34. The van der Waals surface area contributed by atoms with Crippen molar-refractivity contribution in [2.45, 2.75) is 10.7 Å². The molecule has 0 aromatic heterocycles. The second kappa shape index (κ2) is 4.09. The fourth-order valence-corrected chi connectivity index (χ4v) is 1.55. The van der Waals surface area contributed by atoms with Gasteiger partial charge in [0, 0.05) is 9.37 Å². The van der Waals surface area contributed by atoms with Gasteiger partial charge in [-0.2, -0.15) is 8.78 Å². The first kappa shape index (κ1) is 9.80. The molecular weight excluding hydrogens is 250 g/mol. The van der Waals surface area contributed by atoms with Crippen LogP contribution in [0.4, 0.5) is 8.78 Å². The summed E-state index contributed by atoms with van der Waals surface area (Å²) in [5.74, 6) is -2.81. The van der Waals surface area contributed by atoms with Gasteiger partial charge in [0.1, 0.15) is 10.8 Å². The van der Waals surface area contributed by atoms with Gasteiger partial charge in [0.2, 0.25) is 0 Å². The molecule has 0 heterocycles. The van der Waals surface area contributed by atoms with Gasteiger partial charge in [-0.25, -0.2) is 4.21 Å². The molecule has 0 radical (unpaired) electrons. The molecule has 0 aliphatic rings. The molecule has 1 atom stereocenters. The second-order valence-electron chi connectivity index (χ2n) is 2.01. The van der Waals surface area contributed by atoms with Crippen LogP contribution in [0.2, 0.25) is 0 Å². The molecule has 1 aromatic carbocycles. The molecule has 1 unspecified atom stereocenters. The smallest absolute Gasteiger partial charge is 0.248 e. The van der Waals surface area contributed by atoms with E-state index < -0.39 is 16.6 Å². The van der Waals surface area contributed by atoms with Crippen LogP contribution >= 0.6 is 15.9 Å². The number of hydrogen-bond donors (Lipinski definition) is 0. The van der Waals surface area contributed by atoms with E-state index in [1.54, 1.807) is 12.1 Å². The zero-order chi connectivity index (χ0) is 9.14. The van der Waals surface area contributed by atoms with Gasteiger partial charge < -0.3 is 0 Å². The van der Waals surface area contributed by atoms with Crippen molar-refractivity contribution in [2.75, 3.05) is 0 Å². The Morgan fingerprint density at radius 1 is 1.25 bits per heavy atom. The van der Waals surface area contributed by atoms with Gasteiger partial charge in [0.25, 0.3) is 0 Å². The van der Waals surface area contributed by atoms with Crippen LogP contribution in [0.1, 0.15) is 0 Å². The minimum absolute atomic E-state index is 0.146. The lowest BCUT2D eigenvalue weighted by Gasteiger charge is -1.99. The van der Waals surface area contributed by atoms with E-state index in [1.807, 2.05) is 0 Å². The molecule has 0 aliphatic heterocycles. The normalized spacial score (nSPS) is 13.3. The van der Waals surface area contributed by atoms with E-state index in [1.165, 1.54) is 12.1 Å². The van der Waals surface area contributed by atoms with Crippen molar-refractivity contribution < 1.29 is 13.0 Å². The molecule has 0 N–H and O–H groups in total. The van der Waals surface area contributed by atoms with Crippen molar-refractivity contribution in [1.82, 2.24) is 0 Å². The average molecular weight is 255 g/mol. The van der Waals surface area contributed by atoms with Crippen molar-refractivity contribution in [3.8, 4) is 0 Å². The fraction of sp³-hybridized carbons (Fsp3) is 0.143. The molecule has 5 heteroatoms. The van der Waals surface area contributed by atoms with Gasteiger partial charge in [0.05, 0.1) is 0 Å². The lowest BCUT2D eigenvalue weighted by atomic mass is 10.4. The summed E-state index contributed by atoms with van der Waals surface area (Å²) in [7, 11) is -2.20. The van der Waals surface area contributed by atoms with Crippen molar-refractivity contribution in [1.29, 1.82) is 0 Å². The second-order valence-corrected chi connectivity index (χ2v) is 4.35. The molecule has 1 nitrogen and oxygen atoms in total. The molecule has 0 saturated heterocycles. The quantitative estimate of drug-likeness (QED) is 0.794. The molecule has 0 amide bonds. The first-order chi connectivity index (χ1) is 5.61. The first-order valence-corrected chi connectivity index (χ1v) is 5.06. The summed E-state index contributed by atoms with van der Waals surface area (Å²) in [6, 6.07) is 5.98. The van der Waals surface area contributed by atoms with Gasteiger partial charge in [-0.3, -0.25) is 0 Å².